The Hall–Kier alpha value is -2.15. The van der Waals surface area contributed by atoms with Crippen LogP contribution in [0.4, 0.5) is 5.82 Å². The zero-order chi connectivity index (χ0) is 18.0. The van der Waals surface area contributed by atoms with Gasteiger partial charge >= 0.3 is 0 Å². The van der Waals surface area contributed by atoms with Gasteiger partial charge in [0.15, 0.2) is 0 Å². The summed E-state index contributed by atoms with van der Waals surface area (Å²) < 4.78 is 7.28. The molecule has 2 atom stereocenters. The Kier molecular flexibility index (Phi) is 5.22. The number of aromatic amines is 1. The van der Waals surface area contributed by atoms with Gasteiger partial charge in [-0.25, -0.2) is 0 Å². The molecule has 2 N–H and O–H groups in total. The molecule has 0 aliphatic carbocycles. The fourth-order valence-corrected chi connectivity index (χ4v) is 4.40. The number of benzene rings is 1. The number of thioether (sulfide) groups is 1. The number of nitrogens with one attached hydrogen (secondary N) is 2. The van der Waals surface area contributed by atoms with Gasteiger partial charge in [-0.15, -0.1) is 11.8 Å². The highest BCUT2D eigenvalue weighted by Crippen LogP contribution is 2.43. The Morgan fingerprint density at radius 2 is 2.12 bits per heavy atom. The van der Waals surface area contributed by atoms with Crippen molar-refractivity contribution in [2.24, 2.45) is 0 Å². The van der Waals surface area contributed by atoms with E-state index in [0.29, 0.717) is 22.9 Å². The van der Waals surface area contributed by atoms with Crippen molar-refractivity contribution in [2.75, 3.05) is 18.2 Å². The highest BCUT2D eigenvalue weighted by molar-refractivity contribution is 8.00. The summed E-state index contributed by atoms with van der Waals surface area (Å²) in [5, 5.41) is 5.58. The molecule has 2 heterocycles. The summed E-state index contributed by atoms with van der Waals surface area (Å²) >= 11 is 1.44. The van der Waals surface area contributed by atoms with Gasteiger partial charge in [-0.05, 0) is 19.4 Å². The van der Waals surface area contributed by atoms with Crippen molar-refractivity contribution in [2.45, 2.75) is 38.0 Å². The van der Waals surface area contributed by atoms with Gasteiger partial charge in [-0.1, -0.05) is 31.5 Å². The van der Waals surface area contributed by atoms with Gasteiger partial charge in [0, 0.05) is 11.6 Å². The molecule has 0 fully saturated rings. The molecule has 0 unspecified atom stereocenters. The topological polar surface area (TPSA) is 76.1 Å². The van der Waals surface area contributed by atoms with E-state index in [9.17, 15) is 9.59 Å². The monoisotopic (exact) mass is 361 g/mol. The molecule has 0 saturated carbocycles. The van der Waals surface area contributed by atoms with Gasteiger partial charge < -0.3 is 10.1 Å². The summed E-state index contributed by atoms with van der Waals surface area (Å²) in [5.74, 6) is 1.49. The lowest BCUT2D eigenvalue weighted by atomic mass is 10.0. The fourth-order valence-electron chi connectivity index (χ4n) is 3.25. The first-order chi connectivity index (χ1) is 12.1. The predicted molar refractivity (Wildman–Crippen MR) is 101 cm³/mol. The number of methoxy groups -OCH3 is 1. The number of carbonyl (C=O) groups excluding carboxylic acids is 1. The number of fused-ring (bicyclic) bond motifs is 1. The van der Waals surface area contributed by atoms with Crippen molar-refractivity contribution in [1.29, 1.82) is 0 Å². The number of carbonyl (C=O) groups is 1. The minimum atomic E-state index is -0.260. The first kappa shape index (κ1) is 17.7. The molecular weight excluding hydrogens is 338 g/mol. The van der Waals surface area contributed by atoms with Crippen molar-refractivity contribution < 1.29 is 9.53 Å². The zero-order valence-electron chi connectivity index (χ0n) is 14.7. The Morgan fingerprint density at radius 1 is 1.36 bits per heavy atom. The van der Waals surface area contributed by atoms with Crippen molar-refractivity contribution in [3.63, 3.8) is 0 Å². The van der Waals surface area contributed by atoms with Crippen LogP contribution in [0.2, 0.25) is 0 Å². The van der Waals surface area contributed by atoms with Crippen molar-refractivity contribution in [1.82, 2.24) is 9.78 Å². The molecule has 0 bridgehead atoms. The van der Waals surface area contributed by atoms with Gasteiger partial charge in [0.25, 0.3) is 5.56 Å². The average molecular weight is 361 g/mol. The quantitative estimate of drug-likeness (QED) is 0.856. The first-order valence-electron chi connectivity index (χ1n) is 8.45. The SMILES string of the molecule is CCC[C@@H](C)n1[nH]c(=O)c2c1NC(=O)CS[C@@H]2c1ccccc1OC. The maximum absolute atomic E-state index is 12.8. The van der Waals surface area contributed by atoms with Crippen LogP contribution in [-0.4, -0.2) is 28.6 Å². The van der Waals surface area contributed by atoms with Crippen LogP contribution in [0.3, 0.4) is 0 Å². The van der Waals surface area contributed by atoms with Crippen LogP contribution in [0.1, 0.15) is 49.1 Å². The van der Waals surface area contributed by atoms with Crippen LogP contribution in [0.5, 0.6) is 5.75 Å². The largest absolute Gasteiger partial charge is 0.496 e. The molecule has 3 rings (SSSR count). The average Bonchev–Trinajstić information content (AvgIpc) is 2.82. The molecule has 25 heavy (non-hydrogen) atoms. The third-order valence-electron chi connectivity index (χ3n) is 4.43. The van der Waals surface area contributed by atoms with E-state index in [4.69, 9.17) is 4.74 Å². The maximum atomic E-state index is 12.8. The molecule has 0 spiro atoms. The number of hydrogen-bond donors (Lipinski definition) is 2. The second-order valence-corrected chi connectivity index (χ2v) is 7.29. The van der Waals surface area contributed by atoms with Crippen LogP contribution < -0.4 is 15.6 Å². The van der Waals surface area contributed by atoms with Crippen molar-refractivity contribution >= 4 is 23.5 Å². The molecular formula is C18H23N3O3S. The van der Waals surface area contributed by atoms with E-state index in [1.807, 2.05) is 31.2 Å². The highest BCUT2D eigenvalue weighted by atomic mass is 32.2. The Balaban J connectivity index is 2.16. The number of ether oxygens (including phenoxy) is 1. The van der Waals surface area contributed by atoms with Gasteiger partial charge in [0.05, 0.1) is 23.7 Å². The molecule has 1 aliphatic rings. The second-order valence-electron chi connectivity index (χ2n) is 6.19. The summed E-state index contributed by atoms with van der Waals surface area (Å²) in [6.45, 7) is 4.14. The standard InChI is InChI=1S/C18H23N3O3S/c1-4-7-11(2)21-17-15(18(23)20-21)16(25-10-14(22)19-17)12-8-5-6-9-13(12)24-3/h5-6,8-9,11,16H,4,7,10H2,1-3H3,(H,19,22)(H,20,23)/t11-,16-/m1/s1. The van der Waals surface area contributed by atoms with E-state index in [-0.39, 0.29) is 22.8 Å². The van der Waals surface area contributed by atoms with Crippen LogP contribution in [0.15, 0.2) is 29.1 Å². The predicted octanol–water partition coefficient (Wildman–Crippen LogP) is 3.32. The number of rotatable bonds is 5. The van der Waals surface area contributed by atoms with E-state index >= 15 is 0 Å². The number of para-hydroxylation sites is 1. The summed E-state index contributed by atoms with van der Waals surface area (Å²) in [6, 6.07) is 7.74. The molecule has 1 aromatic heterocycles. The maximum Gasteiger partial charge on any atom is 0.270 e. The molecule has 134 valence electrons. The van der Waals surface area contributed by atoms with Gasteiger partial charge in [0.2, 0.25) is 5.91 Å². The normalized spacial score (nSPS) is 18.2. The van der Waals surface area contributed by atoms with E-state index in [0.717, 1.165) is 18.4 Å². The Labute approximate surface area is 150 Å². The first-order valence-corrected chi connectivity index (χ1v) is 9.50. The molecule has 2 aromatic rings. The van der Waals surface area contributed by atoms with Crippen LogP contribution in [0, 0.1) is 0 Å². The summed E-state index contributed by atoms with van der Waals surface area (Å²) in [6.07, 6.45) is 1.91. The summed E-state index contributed by atoms with van der Waals surface area (Å²) in [5.41, 5.74) is 1.33. The van der Waals surface area contributed by atoms with E-state index in [2.05, 4.69) is 17.3 Å². The van der Waals surface area contributed by atoms with Crippen LogP contribution >= 0.6 is 11.8 Å². The van der Waals surface area contributed by atoms with Gasteiger partial charge in [-0.2, -0.15) is 0 Å². The van der Waals surface area contributed by atoms with E-state index < -0.39 is 0 Å². The lowest BCUT2D eigenvalue weighted by Crippen LogP contribution is -2.18. The lowest BCUT2D eigenvalue weighted by molar-refractivity contribution is -0.113. The molecule has 1 aromatic carbocycles. The number of amides is 1. The second kappa shape index (κ2) is 7.39. The van der Waals surface area contributed by atoms with Gasteiger partial charge in [0.1, 0.15) is 11.6 Å². The number of hydrogen-bond acceptors (Lipinski definition) is 4. The smallest absolute Gasteiger partial charge is 0.270 e. The minimum absolute atomic E-state index is 0.0971. The molecule has 1 aliphatic heterocycles. The number of nitrogens with zero attached hydrogens (tertiary/aromatic N) is 1. The third-order valence-corrected chi connectivity index (χ3v) is 5.68. The third kappa shape index (κ3) is 3.33. The molecule has 7 heteroatoms. The fraction of sp³-hybridized carbons (Fsp3) is 0.444. The van der Waals surface area contributed by atoms with E-state index in [1.165, 1.54) is 11.8 Å². The highest BCUT2D eigenvalue weighted by Gasteiger charge is 2.32. The number of H-pyrrole nitrogens is 1. The number of anilines is 1. The minimum Gasteiger partial charge on any atom is -0.496 e. The van der Waals surface area contributed by atoms with E-state index in [1.54, 1.807) is 11.8 Å². The zero-order valence-corrected chi connectivity index (χ0v) is 15.5. The Morgan fingerprint density at radius 3 is 2.84 bits per heavy atom. The van der Waals surface area contributed by atoms with Crippen LogP contribution in [0.25, 0.3) is 0 Å². The molecule has 0 radical (unpaired) electrons. The van der Waals surface area contributed by atoms with Gasteiger partial charge in [-0.3, -0.25) is 19.4 Å². The Bertz CT molecular complexity index is 827. The van der Waals surface area contributed by atoms with Crippen LogP contribution in [-0.2, 0) is 4.79 Å². The molecule has 6 nitrogen and oxygen atoms in total. The van der Waals surface area contributed by atoms with Crippen molar-refractivity contribution in [3.05, 3.63) is 45.7 Å². The summed E-state index contributed by atoms with van der Waals surface area (Å²) in [4.78, 5) is 25.0. The molecule has 1 amide bonds. The lowest BCUT2D eigenvalue weighted by Gasteiger charge is -2.18. The molecule has 0 saturated heterocycles. The summed E-state index contributed by atoms with van der Waals surface area (Å²) in [7, 11) is 1.61. The van der Waals surface area contributed by atoms with Crippen molar-refractivity contribution in [3.8, 4) is 5.75 Å². The number of aromatic nitrogens is 2.